The number of aliphatic hydroxyl groups excluding tert-OH is 1. The molecule has 250 valence electrons. The molecule has 9 heteroatoms. The van der Waals surface area contributed by atoms with Gasteiger partial charge in [-0.1, -0.05) is 91.7 Å². The van der Waals surface area contributed by atoms with Crippen LogP contribution in [0.4, 0.5) is 4.79 Å². The fourth-order valence-corrected chi connectivity index (χ4v) is 6.48. The molecule has 0 aromatic heterocycles. The van der Waals surface area contributed by atoms with Crippen molar-refractivity contribution in [2.45, 2.75) is 76.7 Å². The summed E-state index contributed by atoms with van der Waals surface area (Å²) in [7, 11) is 0. The van der Waals surface area contributed by atoms with Crippen LogP contribution in [0.5, 0.6) is 0 Å². The third-order valence-electron chi connectivity index (χ3n) is 8.91. The summed E-state index contributed by atoms with van der Waals surface area (Å²) in [6.07, 6.45) is 6.96. The van der Waals surface area contributed by atoms with Crippen LogP contribution in [0.2, 0.25) is 0 Å². The van der Waals surface area contributed by atoms with Crippen LogP contribution in [0.1, 0.15) is 73.7 Å². The number of nitrogens with one attached hydrogen (secondary N) is 2. The molecule has 3 atom stereocenters. The number of esters is 1. The van der Waals surface area contributed by atoms with Crippen LogP contribution in [-0.2, 0) is 32.2 Å². The molecule has 0 spiro atoms. The van der Waals surface area contributed by atoms with Gasteiger partial charge in [-0.3, -0.25) is 9.69 Å². The number of nitrogens with zero attached hydrogens (tertiary/aromatic N) is 1. The number of ether oxygens (including phenoxy) is 3. The first-order valence-electron chi connectivity index (χ1n) is 16.7. The molecular weight excluding hydrogens is 594 g/mol. The minimum absolute atomic E-state index is 0.00624. The molecule has 5 rings (SSSR count). The van der Waals surface area contributed by atoms with Crippen LogP contribution in [0.15, 0.2) is 85.5 Å². The van der Waals surface area contributed by atoms with Crippen LogP contribution in [0.3, 0.4) is 0 Å². The van der Waals surface area contributed by atoms with E-state index in [2.05, 4.69) is 34.2 Å². The highest BCUT2D eigenvalue weighted by Gasteiger charge is 2.34. The number of benzene rings is 3. The summed E-state index contributed by atoms with van der Waals surface area (Å²) in [4.78, 5) is 26.4. The molecule has 1 heterocycles. The zero-order valence-corrected chi connectivity index (χ0v) is 27.2. The lowest BCUT2D eigenvalue weighted by Crippen LogP contribution is -2.43. The Hall–Kier alpha value is -4.02. The molecule has 9 nitrogen and oxygen atoms in total. The number of carbonyl (C=O) groups is 2. The number of urea groups is 1. The van der Waals surface area contributed by atoms with E-state index < -0.39 is 18.3 Å². The van der Waals surface area contributed by atoms with Crippen LogP contribution in [0.25, 0.3) is 11.1 Å². The van der Waals surface area contributed by atoms with Crippen LogP contribution >= 0.6 is 0 Å². The lowest BCUT2D eigenvalue weighted by molar-refractivity contribution is -0.253. The number of aliphatic hydroxyl groups is 1. The normalized spacial score (nSPS) is 19.8. The zero-order chi connectivity index (χ0) is 33.0. The van der Waals surface area contributed by atoms with Gasteiger partial charge in [0.2, 0.25) is 0 Å². The SMILES string of the molecule is C=CCN(C[C@@H]1C[C@H](c2ccc(CO)cc2)O[C@H](c2ccc(-c3ccccc3CNC(=O)NCC(=O)OCC)cc2)O1)C1CCCC1. The summed E-state index contributed by atoms with van der Waals surface area (Å²) in [5.74, 6) is -0.478. The van der Waals surface area contributed by atoms with Gasteiger partial charge in [0.15, 0.2) is 6.29 Å². The van der Waals surface area contributed by atoms with Gasteiger partial charge in [0.1, 0.15) is 6.54 Å². The van der Waals surface area contributed by atoms with Crippen molar-refractivity contribution in [1.82, 2.24) is 15.5 Å². The summed E-state index contributed by atoms with van der Waals surface area (Å²) in [6.45, 7) is 7.77. The van der Waals surface area contributed by atoms with E-state index in [0.29, 0.717) is 12.6 Å². The molecule has 0 radical (unpaired) electrons. The molecule has 1 saturated carbocycles. The van der Waals surface area contributed by atoms with Gasteiger partial charge < -0.3 is 30.0 Å². The minimum Gasteiger partial charge on any atom is -0.465 e. The van der Waals surface area contributed by atoms with Crippen molar-refractivity contribution in [3.63, 3.8) is 0 Å². The second-order valence-electron chi connectivity index (χ2n) is 12.2. The molecular formula is C38H47N3O6. The highest BCUT2D eigenvalue weighted by Crippen LogP contribution is 2.39. The van der Waals surface area contributed by atoms with Crippen molar-refractivity contribution in [2.75, 3.05) is 26.2 Å². The topological polar surface area (TPSA) is 109 Å². The molecule has 3 aromatic rings. The average molecular weight is 642 g/mol. The first kappa shape index (κ1) is 34.3. The number of amides is 2. The largest absolute Gasteiger partial charge is 0.465 e. The summed E-state index contributed by atoms with van der Waals surface area (Å²) < 4.78 is 18.1. The first-order valence-corrected chi connectivity index (χ1v) is 16.7. The molecule has 47 heavy (non-hydrogen) atoms. The van der Waals surface area contributed by atoms with Crippen molar-refractivity contribution in [1.29, 1.82) is 0 Å². The maximum atomic E-state index is 12.3. The van der Waals surface area contributed by atoms with Gasteiger partial charge in [-0.05, 0) is 47.6 Å². The Balaban J connectivity index is 1.30. The summed E-state index contributed by atoms with van der Waals surface area (Å²) in [5, 5.41) is 14.9. The smallest absolute Gasteiger partial charge is 0.325 e. The predicted molar refractivity (Wildman–Crippen MR) is 181 cm³/mol. The summed E-state index contributed by atoms with van der Waals surface area (Å²) in [5.41, 5.74) is 5.81. The summed E-state index contributed by atoms with van der Waals surface area (Å²) in [6, 6.07) is 24.2. The molecule has 2 aliphatic rings. The number of hydrogen-bond acceptors (Lipinski definition) is 7. The molecule has 2 amide bonds. The number of carbonyl (C=O) groups excluding carboxylic acids is 2. The first-order chi connectivity index (χ1) is 23.0. The average Bonchev–Trinajstić information content (AvgIpc) is 3.65. The highest BCUT2D eigenvalue weighted by molar-refractivity contribution is 5.81. The van der Waals surface area contributed by atoms with E-state index in [1.54, 1.807) is 6.92 Å². The molecule has 1 aliphatic heterocycles. The molecule has 0 unspecified atom stereocenters. The van der Waals surface area contributed by atoms with Crippen LogP contribution in [-0.4, -0.2) is 60.4 Å². The quantitative estimate of drug-likeness (QED) is 0.142. The van der Waals surface area contributed by atoms with E-state index in [4.69, 9.17) is 14.2 Å². The third kappa shape index (κ3) is 9.51. The minimum atomic E-state index is -0.542. The number of rotatable bonds is 14. The van der Waals surface area contributed by atoms with Crippen molar-refractivity contribution < 1.29 is 28.9 Å². The fourth-order valence-electron chi connectivity index (χ4n) is 6.48. The van der Waals surface area contributed by atoms with Crippen molar-refractivity contribution >= 4 is 12.0 Å². The van der Waals surface area contributed by atoms with Gasteiger partial charge in [0.25, 0.3) is 0 Å². The Kier molecular flexibility index (Phi) is 12.6. The van der Waals surface area contributed by atoms with E-state index in [1.807, 2.05) is 66.7 Å². The second-order valence-corrected chi connectivity index (χ2v) is 12.2. The number of hydrogen-bond donors (Lipinski definition) is 3. The van der Waals surface area contributed by atoms with E-state index >= 15 is 0 Å². The molecule has 1 saturated heterocycles. The van der Waals surface area contributed by atoms with E-state index in [9.17, 15) is 14.7 Å². The van der Waals surface area contributed by atoms with Crippen molar-refractivity contribution in [3.05, 3.63) is 108 Å². The third-order valence-corrected chi connectivity index (χ3v) is 8.91. The highest BCUT2D eigenvalue weighted by atomic mass is 16.7. The van der Waals surface area contributed by atoms with Crippen LogP contribution in [0, 0.1) is 0 Å². The van der Waals surface area contributed by atoms with Gasteiger partial charge >= 0.3 is 12.0 Å². The van der Waals surface area contributed by atoms with Gasteiger partial charge in [-0.15, -0.1) is 6.58 Å². The molecule has 3 aromatic carbocycles. The van der Waals surface area contributed by atoms with Crippen LogP contribution < -0.4 is 10.6 Å². The van der Waals surface area contributed by atoms with E-state index in [0.717, 1.165) is 52.9 Å². The van der Waals surface area contributed by atoms with Crippen molar-refractivity contribution in [2.24, 2.45) is 0 Å². The summed E-state index contributed by atoms with van der Waals surface area (Å²) >= 11 is 0. The van der Waals surface area contributed by atoms with Gasteiger partial charge in [-0.25, -0.2) is 4.79 Å². The molecule has 2 fully saturated rings. The Morgan fingerprint density at radius 3 is 2.40 bits per heavy atom. The Morgan fingerprint density at radius 2 is 1.70 bits per heavy atom. The lowest BCUT2D eigenvalue weighted by Gasteiger charge is -2.39. The Labute approximate surface area is 277 Å². The standard InChI is InChI=1S/C38H47N3O6/c1-3-21-41(32-10-6-7-11-32)25-33-22-35(29-15-13-27(26-42)14-16-29)47-37(46-33)30-19-17-28(18-20-30)34-12-8-5-9-31(34)23-39-38(44)40-24-36(43)45-4-2/h3,5,8-9,12-20,32-33,35,37,42H,1,4,6-7,10-11,21-26H2,2H3,(H2,39,40,44)/t33-,35+,37+/m0/s1. The zero-order valence-electron chi connectivity index (χ0n) is 27.2. The Morgan fingerprint density at radius 1 is 0.979 bits per heavy atom. The van der Waals surface area contributed by atoms with Crippen molar-refractivity contribution in [3.8, 4) is 11.1 Å². The lowest BCUT2D eigenvalue weighted by atomic mass is 9.97. The van der Waals surface area contributed by atoms with E-state index in [-0.39, 0.29) is 32.0 Å². The Bertz CT molecular complexity index is 1450. The maximum Gasteiger partial charge on any atom is 0.325 e. The monoisotopic (exact) mass is 641 g/mol. The maximum absolute atomic E-state index is 12.3. The predicted octanol–water partition coefficient (Wildman–Crippen LogP) is 6.18. The second kappa shape index (κ2) is 17.2. The van der Waals surface area contributed by atoms with Gasteiger partial charge in [0, 0.05) is 37.7 Å². The fraction of sp³-hybridized carbons (Fsp3) is 0.421. The van der Waals surface area contributed by atoms with Gasteiger partial charge in [0.05, 0.1) is 25.4 Å². The molecule has 1 aliphatic carbocycles. The molecule has 3 N–H and O–H groups in total. The van der Waals surface area contributed by atoms with Gasteiger partial charge in [-0.2, -0.15) is 0 Å². The molecule has 0 bridgehead atoms. The van der Waals surface area contributed by atoms with E-state index in [1.165, 1.54) is 25.7 Å².